The minimum absolute atomic E-state index is 0.0252. The van der Waals surface area contributed by atoms with Crippen molar-refractivity contribution in [2.45, 2.75) is 77.4 Å². The normalized spacial score (nSPS) is 20.4. The van der Waals surface area contributed by atoms with Gasteiger partial charge in [-0.3, -0.25) is 14.5 Å². The first kappa shape index (κ1) is 24.1. The summed E-state index contributed by atoms with van der Waals surface area (Å²) in [6.07, 6.45) is 1.89. The van der Waals surface area contributed by atoms with Crippen LogP contribution in [0.25, 0.3) is 22.2 Å². The van der Waals surface area contributed by atoms with Crippen molar-refractivity contribution in [1.29, 1.82) is 0 Å². The quantitative estimate of drug-likeness (QED) is 0.417. The summed E-state index contributed by atoms with van der Waals surface area (Å²) in [5.74, 6) is -1.25. The molecule has 3 aliphatic rings. The maximum Gasteiger partial charge on any atom is 0.343 e. The molecule has 1 saturated carbocycles. The van der Waals surface area contributed by atoms with Crippen LogP contribution in [0.5, 0.6) is 0 Å². The molecule has 1 atom stereocenters. The SMILES string of the molecule is CC[C@@]1(O)C(=O)OCc2c1cc1n(c2=O)Cc2c-1c(=O)c1cc(F)c(CN(C)C(C)C)cc1n2C1CC1. The van der Waals surface area contributed by atoms with Gasteiger partial charge < -0.3 is 19.0 Å². The van der Waals surface area contributed by atoms with Crippen LogP contribution in [0.15, 0.2) is 27.8 Å². The van der Waals surface area contributed by atoms with Crippen molar-refractivity contribution in [2.24, 2.45) is 0 Å². The Morgan fingerprint density at radius 3 is 2.59 bits per heavy atom. The first-order chi connectivity index (χ1) is 17.6. The molecular weight excluding hydrogens is 477 g/mol. The van der Waals surface area contributed by atoms with Crippen molar-refractivity contribution >= 4 is 16.9 Å². The molecular formula is C28H30FN3O5. The summed E-state index contributed by atoms with van der Waals surface area (Å²) in [4.78, 5) is 41.9. The van der Waals surface area contributed by atoms with Gasteiger partial charge in [0.1, 0.15) is 12.4 Å². The number of hydrogen-bond acceptors (Lipinski definition) is 6. The zero-order valence-electron chi connectivity index (χ0n) is 21.4. The molecule has 1 N–H and O–H groups in total. The summed E-state index contributed by atoms with van der Waals surface area (Å²) in [6, 6.07) is 5.07. The first-order valence-electron chi connectivity index (χ1n) is 12.8. The second-order valence-corrected chi connectivity index (χ2v) is 10.8. The van der Waals surface area contributed by atoms with Crippen LogP contribution in [0.4, 0.5) is 4.39 Å². The maximum atomic E-state index is 15.3. The molecule has 1 aliphatic carbocycles. The fraction of sp³-hybridized carbons (Fsp3) is 0.464. The van der Waals surface area contributed by atoms with Crippen molar-refractivity contribution in [3.63, 3.8) is 0 Å². The van der Waals surface area contributed by atoms with Gasteiger partial charge in [0.05, 0.1) is 34.6 Å². The van der Waals surface area contributed by atoms with Gasteiger partial charge >= 0.3 is 5.97 Å². The lowest BCUT2D eigenvalue weighted by Crippen LogP contribution is -2.44. The van der Waals surface area contributed by atoms with Crippen LogP contribution in [-0.2, 0) is 34.8 Å². The van der Waals surface area contributed by atoms with Crippen LogP contribution in [0.3, 0.4) is 0 Å². The number of ether oxygens (including phenoxy) is 1. The standard InChI is InChI=1S/C28H30FN3O5/c1-5-28(36)19-10-22-24-23(12-31(22)26(34)18(19)13-37-27(28)35)32(16-6-7-16)21-8-15(11-30(4)14(2)3)20(29)9-17(21)25(24)33/h8-10,14,16,36H,5-7,11-13H2,1-4H3/t28-/m0/s1. The Balaban J connectivity index is 1.63. The highest BCUT2D eigenvalue weighted by Gasteiger charge is 2.46. The highest BCUT2D eigenvalue weighted by atomic mass is 19.1. The Morgan fingerprint density at radius 2 is 1.95 bits per heavy atom. The van der Waals surface area contributed by atoms with E-state index in [0.29, 0.717) is 34.6 Å². The molecule has 6 rings (SSSR count). The molecule has 3 aromatic rings. The van der Waals surface area contributed by atoms with Gasteiger partial charge in [0.2, 0.25) is 0 Å². The maximum absolute atomic E-state index is 15.3. The van der Waals surface area contributed by atoms with E-state index in [4.69, 9.17) is 4.74 Å². The lowest BCUT2D eigenvalue weighted by molar-refractivity contribution is -0.172. The minimum atomic E-state index is -1.96. The molecule has 8 nitrogen and oxygen atoms in total. The lowest BCUT2D eigenvalue weighted by Gasteiger charge is -2.31. The highest BCUT2D eigenvalue weighted by molar-refractivity contribution is 5.88. The second kappa shape index (κ2) is 8.10. The van der Waals surface area contributed by atoms with Crippen LogP contribution in [0.1, 0.15) is 68.5 Å². The molecule has 37 heavy (non-hydrogen) atoms. The number of halogens is 1. The Kier molecular flexibility index (Phi) is 5.27. The van der Waals surface area contributed by atoms with Gasteiger partial charge in [-0.1, -0.05) is 6.92 Å². The van der Waals surface area contributed by atoms with Gasteiger partial charge in [-0.25, -0.2) is 9.18 Å². The molecule has 0 spiro atoms. The molecule has 1 fully saturated rings. The fourth-order valence-corrected chi connectivity index (χ4v) is 5.67. The van der Waals surface area contributed by atoms with Crippen molar-refractivity contribution in [3.05, 3.63) is 67.0 Å². The van der Waals surface area contributed by atoms with Crippen molar-refractivity contribution in [3.8, 4) is 11.3 Å². The van der Waals surface area contributed by atoms with Crippen LogP contribution in [0, 0.1) is 5.82 Å². The Labute approximate surface area is 212 Å². The molecule has 2 aliphatic heterocycles. The number of pyridine rings is 2. The van der Waals surface area contributed by atoms with E-state index in [2.05, 4.69) is 4.57 Å². The van der Waals surface area contributed by atoms with E-state index in [-0.39, 0.29) is 59.2 Å². The summed E-state index contributed by atoms with van der Waals surface area (Å²) in [5, 5.41) is 11.4. The number of aromatic nitrogens is 2. The molecule has 0 unspecified atom stereocenters. The number of rotatable bonds is 5. The van der Waals surface area contributed by atoms with E-state index < -0.39 is 17.4 Å². The smallest absolute Gasteiger partial charge is 0.343 e. The zero-order valence-corrected chi connectivity index (χ0v) is 21.4. The summed E-state index contributed by atoms with van der Waals surface area (Å²) in [7, 11) is 1.93. The number of fused-ring (bicyclic) bond motifs is 5. The number of carbonyl (C=O) groups excluding carboxylic acids is 1. The number of cyclic esters (lactones) is 1. The molecule has 2 aromatic heterocycles. The lowest BCUT2D eigenvalue weighted by atomic mass is 9.85. The number of hydrogen-bond donors (Lipinski definition) is 1. The molecule has 9 heteroatoms. The zero-order chi connectivity index (χ0) is 26.4. The molecule has 194 valence electrons. The third-order valence-electron chi connectivity index (χ3n) is 8.30. The van der Waals surface area contributed by atoms with E-state index in [1.807, 2.05) is 25.8 Å². The monoisotopic (exact) mass is 507 g/mol. The number of nitrogens with zero attached hydrogens (tertiary/aromatic N) is 3. The molecule has 4 heterocycles. The number of esters is 1. The number of benzene rings is 1. The van der Waals surface area contributed by atoms with Gasteiger partial charge in [0.15, 0.2) is 11.0 Å². The van der Waals surface area contributed by atoms with E-state index in [9.17, 15) is 19.5 Å². The van der Waals surface area contributed by atoms with Crippen LogP contribution < -0.4 is 11.0 Å². The Bertz CT molecular complexity index is 1620. The summed E-state index contributed by atoms with van der Waals surface area (Å²) in [6.45, 7) is 6.09. The molecule has 0 bridgehead atoms. The average Bonchev–Trinajstić information content (AvgIpc) is 3.62. The van der Waals surface area contributed by atoms with Crippen molar-refractivity contribution < 1.29 is 19.0 Å². The predicted octanol–water partition coefficient (Wildman–Crippen LogP) is 3.16. The number of carbonyl (C=O) groups is 1. The van der Waals surface area contributed by atoms with Crippen molar-refractivity contribution in [2.75, 3.05) is 7.05 Å². The van der Waals surface area contributed by atoms with Gasteiger partial charge in [-0.05, 0) is 58.4 Å². The van der Waals surface area contributed by atoms with Gasteiger partial charge in [0.25, 0.3) is 5.56 Å². The van der Waals surface area contributed by atoms with Gasteiger partial charge in [-0.15, -0.1) is 0 Å². The van der Waals surface area contributed by atoms with E-state index in [1.165, 1.54) is 10.6 Å². The van der Waals surface area contributed by atoms with Gasteiger partial charge in [0, 0.05) is 35.1 Å². The minimum Gasteiger partial charge on any atom is -0.458 e. The Morgan fingerprint density at radius 1 is 1.22 bits per heavy atom. The summed E-state index contributed by atoms with van der Waals surface area (Å²) < 4.78 is 24.0. The van der Waals surface area contributed by atoms with Crippen molar-refractivity contribution in [1.82, 2.24) is 14.0 Å². The molecule has 0 radical (unpaired) electrons. The number of aliphatic hydroxyl groups is 1. The topological polar surface area (TPSA) is 93.8 Å². The Hall–Kier alpha value is -3.30. The van der Waals surface area contributed by atoms with E-state index in [0.717, 1.165) is 12.8 Å². The highest BCUT2D eigenvalue weighted by Crippen LogP contribution is 2.43. The summed E-state index contributed by atoms with van der Waals surface area (Å²) >= 11 is 0. The fourth-order valence-electron chi connectivity index (χ4n) is 5.67. The van der Waals surface area contributed by atoms with E-state index in [1.54, 1.807) is 19.1 Å². The van der Waals surface area contributed by atoms with E-state index >= 15 is 4.39 Å². The second-order valence-electron chi connectivity index (χ2n) is 10.8. The van der Waals surface area contributed by atoms with Crippen LogP contribution in [-0.4, -0.2) is 38.2 Å². The summed E-state index contributed by atoms with van der Waals surface area (Å²) in [5.41, 5.74) is 0.300. The molecule has 1 aromatic carbocycles. The average molecular weight is 508 g/mol. The largest absolute Gasteiger partial charge is 0.458 e. The molecule has 0 amide bonds. The van der Waals surface area contributed by atoms with Crippen LogP contribution >= 0.6 is 0 Å². The molecule has 0 saturated heterocycles. The van der Waals surface area contributed by atoms with Gasteiger partial charge in [-0.2, -0.15) is 0 Å². The first-order valence-corrected chi connectivity index (χ1v) is 12.8. The third kappa shape index (κ3) is 3.37. The third-order valence-corrected chi connectivity index (χ3v) is 8.30. The predicted molar refractivity (Wildman–Crippen MR) is 136 cm³/mol. The van der Waals surface area contributed by atoms with Crippen LogP contribution in [0.2, 0.25) is 0 Å².